The van der Waals surface area contributed by atoms with Gasteiger partial charge in [-0.05, 0) is 6.07 Å². The lowest BCUT2D eigenvalue weighted by Crippen LogP contribution is -2.29. The number of hydrogen-bond acceptors (Lipinski definition) is 6. The molecule has 0 spiro atoms. The van der Waals surface area contributed by atoms with Crippen molar-refractivity contribution in [1.82, 2.24) is 9.55 Å². The van der Waals surface area contributed by atoms with Gasteiger partial charge in [-0.25, -0.2) is 4.79 Å². The van der Waals surface area contributed by atoms with Crippen LogP contribution in [0, 0.1) is 0 Å². The summed E-state index contributed by atoms with van der Waals surface area (Å²) in [4.78, 5) is 39.2. The van der Waals surface area contributed by atoms with Gasteiger partial charge in [0.1, 0.15) is 17.5 Å². The van der Waals surface area contributed by atoms with Crippen molar-refractivity contribution in [3.8, 4) is 0 Å². The summed E-state index contributed by atoms with van der Waals surface area (Å²) in [7, 11) is 0. The highest BCUT2D eigenvalue weighted by Gasteiger charge is 2.29. The first-order valence-electron chi connectivity index (χ1n) is 7.75. The van der Waals surface area contributed by atoms with E-state index in [1.165, 1.54) is 29.4 Å². The van der Waals surface area contributed by atoms with Crippen LogP contribution in [0.3, 0.4) is 0 Å². The second kappa shape index (κ2) is 7.62. The van der Waals surface area contributed by atoms with Crippen molar-refractivity contribution in [2.75, 3.05) is 11.1 Å². The van der Waals surface area contributed by atoms with Gasteiger partial charge in [-0.3, -0.25) is 14.2 Å². The van der Waals surface area contributed by atoms with E-state index in [9.17, 15) is 14.4 Å². The fraction of sp³-hybridized carbons (Fsp3) is 0.294. The molecule has 0 radical (unpaired) electrons. The molecule has 2 atom stereocenters. The van der Waals surface area contributed by atoms with Crippen LogP contribution < -0.4 is 11.0 Å². The molecule has 25 heavy (non-hydrogen) atoms. The molecular weight excluding hydrogens is 342 g/mol. The van der Waals surface area contributed by atoms with Crippen LogP contribution in [-0.4, -0.2) is 32.4 Å². The third-order valence-corrected chi connectivity index (χ3v) is 4.75. The molecule has 8 heteroatoms. The molecule has 3 rings (SSSR count). The average molecular weight is 359 g/mol. The molecule has 1 aromatic heterocycles. The van der Waals surface area contributed by atoms with Crippen molar-refractivity contribution in [1.29, 1.82) is 0 Å². The number of hydrogen-bond donors (Lipinski definition) is 1. The first-order chi connectivity index (χ1) is 12.0. The summed E-state index contributed by atoms with van der Waals surface area (Å²) in [5.41, 5.74) is -0.167. The Kier molecular flexibility index (Phi) is 5.30. The zero-order valence-corrected chi connectivity index (χ0v) is 14.4. The monoisotopic (exact) mass is 359 g/mol. The highest BCUT2D eigenvalue weighted by Crippen LogP contribution is 2.33. The van der Waals surface area contributed by atoms with Gasteiger partial charge in [-0.2, -0.15) is 4.98 Å². The molecule has 0 aliphatic carbocycles. The normalized spacial score (nSPS) is 19.6. The summed E-state index contributed by atoms with van der Waals surface area (Å²) in [5, 5.41) is 2.46. The number of carbonyl (C=O) groups excluding carboxylic acids is 2. The lowest BCUT2D eigenvalue weighted by Gasteiger charge is -2.14. The van der Waals surface area contributed by atoms with Crippen molar-refractivity contribution >= 4 is 29.3 Å². The highest BCUT2D eigenvalue weighted by atomic mass is 32.2. The third-order valence-electron chi connectivity index (χ3n) is 3.63. The molecule has 1 aliphatic rings. The molecule has 0 bridgehead atoms. The molecule has 1 N–H and O–H groups in total. The Morgan fingerprint density at radius 2 is 2.08 bits per heavy atom. The molecular formula is C17H17N3O4S. The summed E-state index contributed by atoms with van der Waals surface area (Å²) in [6.45, 7) is 1.35. The van der Waals surface area contributed by atoms with Gasteiger partial charge in [0.05, 0.1) is 0 Å². The summed E-state index contributed by atoms with van der Waals surface area (Å²) >= 11 is 1.49. The van der Waals surface area contributed by atoms with E-state index >= 15 is 0 Å². The number of thioether (sulfide) groups is 1. The zero-order chi connectivity index (χ0) is 17.8. The molecule has 1 saturated heterocycles. The summed E-state index contributed by atoms with van der Waals surface area (Å²) in [5.74, 6) is 0.464. The number of rotatable bonds is 5. The van der Waals surface area contributed by atoms with Crippen LogP contribution in [0.15, 0.2) is 47.4 Å². The summed E-state index contributed by atoms with van der Waals surface area (Å²) < 4.78 is 7.19. The number of amides is 1. The van der Waals surface area contributed by atoms with Gasteiger partial charge in [0.2, 0.25) is 5.91 Å². The Hall–Kier alpha value is -2.45. The molecule has 7 nitrogen and oxygen atoms in total. The number of anilines is 1. The molecule has 2 heterocycles. The van der Waals surface area contributed by atoms with E-state index in [0.717, 1.165) is 0 Å². The maximum absolute atomic E-state index is 12.2. The molecule has 1 amide bonds. The maximum Gasteiger partial charge on any atom is 0.351 e. The van der Waals surface area contributed by atoms with Crippen molar-refractivity contribution < 1.29 is 14.3 Å². The van der Waals surface area contributed by atoms with E-state index in [0.29, 0.717) is 11.3 Å². The van der Waals surface area contributed by atoms with Crippen LogP contribution in [0.5, 0.6) is 0 Å². The van der Waals surface area contributed by atoms with Crippen LogP contribution in [0.2, 0.25) is 0 Å². The average Bonchev–Trinajstić information content (AvgIpc) is 3.03. The molecule has 0 unspecified atom stereocenters. The number of nitrogens with one attached hydrogen (secondary N) is 1. The van der Waals surface area contributed by atoms with Crippen LogP contribution >= 0.6 is 11.8 Å². The number of aromatic nitrogens is 2. The van der Waals surface area contributed by atoms with E-state index in [1.807, 2.05) is 18.2 Å². The Morgan fingerprint density at radius 1 is 1.32 bits per heavy atom. The molecule has 2 aromatic rings. The van der Waals surface area contributed by atoms with Gasteiger partial charge in [0, 0.05) is 30.9 Å². The zero-order valence-electron chi connectivity index (χ0n) is 13.5. The lowest BCUT2D eigenvalue weighted by molar-refractivity contribution is -0.114. The van der Waals surface area contributed by atoms with Gasteiger partial charge >= 0.3 is 5.69 Å². The minimum absolute atomic E-state index is 0.00484. The number of ether oxygens (including phenoxy) is 1. The largest absolute Gasteiger partial charge is 0.351 e. The Labute approximate surface area is 148 Å². The Bertz CT molecular complexity index is 837. The summed E-state index contributed by atoms with van der Waals surface area (Å²) in [6, 6.07) is 10.6. The van der Waals surface area contributed by atoms with E-state index in [4.69, 9.17) is 4.74 Å². The van der Waals surface area contributed by atoms with Gasteiger partial charge in [0.15, 0.2) is 5.78 Å². The van der Waals surface area contributed by atoms with Crippen LogP contribution in [0.25, 0.3) is 0 Å². The van der Waals surface area contributed by atoms with Gasteiger partial charge in [-0.15, -0.1) is 11.8 Å². The first kappa shape index (κ1) is 17.4. The van der Waals surface area contributed by atoms with E-state index in [1.54, 1.807) is 18.2 Å². The van der Waals surface area contributed by atoms with E-state index < -0.39 is 11.9 Å². The topological polar surface area (TPSA) is 90.3 Å². The summed E-state index contributed by atoms with van der Waals surface area (Å²) in [6.07, 6.45) is 1.30. The minimum atomic E-state index is -0.508. The lowest BCUT2D eigenvalue weighted by atomic mass is 10.1. The number of benzene rings is 1. The first-order valence-corrected chi connectivity index (χ1v) is 8.80. The quantitative estimate of drug-likeness (QED) is 0.822. The number of ketones is 1. The third kappa shape index (κ3) is 4.34. The van der Waals surface area contributed by atoms with Crippen molar-refractivity contribution in [3.05, 3.63) is 58.6 Å². The van der Waals surface area contributed by atoms with Gasteiger partial charge < -0.3 is 10.1 Å². The number of nitrogens with zero attached hydrogens (tertiary/aromatic N) is 2. The second-order valence-electron chi connectivity index (χ2n) is 5.53. The minimum Gasteiger partial charge on any atom is -0.343 e. The fourth-order valence-corrected chi connectivity index (χ4v) is 3.57. The standard InChI is InChI=1S/C17H17N3O4S/c1-11(21)18-14-7-8-20(17(23)19-14)15-10-25-16(24-15)9-13(22)12-5-3-2-4-6-12/h2-8,15-16H,9-10H2,1H3,(H,18,19,21,23)/t15-,16+/m1/s1. The second-order valence-corrected chi connectivity index (χ2v) is 6.72. The molecule has 130 valence electrons. The van der Waals surface area contributed by atoms with Crippen LogP contribution in [-0.2, 0) is 9.53 Å². The van der Waals surface area contributed by atoms with Crippen molar-refractivity contribution in [3.63, 3.8) is 0 Å². The highest BCUT2D eigenvalue weighted by molar-refractivity contribution is 8.00. The van der Waals surface area contributed by atoms with E-state index in [2.05, 4.69) is 10.3 Å². The number of Topliss-reactive ketones (excluding diaryl/α,β-unsaturated/α-hetero) is 1. The predicted molar refractivity (Wildman–Crippen MR) is 94.6 cm³/mol. The maximum atomic E-state index is 12.2. The smallest absolute Gasteiger partial charge is 0.343 e. The SMILES string of the molecule is CC(=O)Nc1ccn([C@H]2CS[C@@H](CC(=O)c3ccccc3)O2)c(=O)n1. The van der Waals surface area contributed by atoms with Crippen LogP contribution in [0.4, 0.5) is 5.82 Å². The molecule has 0 saturated carbocycles. The van der Waals surface area contributed by atoms with E-state index in [-0.39, 0.29) is 29.4 Å². The Balaban J connectivity index is 1.64. The van der Waals surface area contributed by atoms with Crippen LogP contribution in [0.1, 0.15) is 29.9 Å². The molecule has 1 aliphatic heterocycles. The molecule has 1 aromatic carbocycles. The molecule has 1 fully saturated rings. The predicted octanol–water partition coefficient (Wildman–Crippen LogP) is 2.06. The Morgan fingerprint density at radius 3 is 2.76 bits per heavy atom. The fourth-order valence-electron chi connectivity index (χ4n) is 2.47. The van der Waals surface area contributed by atoms with Gasteiger partial charge in [-0.1, -0.05) is 30.3 Å². The van der Waals surface area contributed by atoms with Crippen molar-refractivity contribution in [2.45, 2.75) is 25.0 Å². The van der Waals surface area contributed by atoms with Gasteiger partial charge in [0.25, 0.3) is 0 Å². The van der Waals surface area contributed by atoms with Crippen molar-refractivity contribution in [2.24, 2.45) is 0 Å². The number of carbonyl (C=O) groups is 2.